The van der Waals surface area contributed by atoms with Gasteiger partial charge in [-0.2, -0.15) is 0 Å². The maximum Gasteiger partial charge on any atom is 0.363 e. The van der Waals surface area contributed by atoms with E-state index in [2.05, 4.69) is 4.99 Å². The van der Waals surface area contributed by atoms with Gasteiger partial charge in [0, 0.05) is 11.5 Å². The van der Waals surface area contributed by atoms with Crippen molar-refractivity contribution in [3.63, 3.8) is 0 Å². The first-order chi connectivity index (χ1) is 10.3. The minimum atomic E-state index is -0.459. The van der Waals surface area contributed by atoms with E-state index in [4.69, 9.17) is 9.15 Å². The predicted molar refractivity (Wildman–Crippen MR) is 81.1 cm³/mol. The highest BCUT2D eigenvalue weighted by molar-refractivity contribution is 7.12. The maximum absolute atomic E-state index is 11.9. The molecule has 0 aliphatic carbocycles. The molecule has 1 aliphatic rings. The molecule has 102 valence electrons. The first kappa shape index (κ1) is 12.1. The monoisotopic (exact) mass is 295 g/mol. The van der Waals surface area contributed by atoms with Crippen molar-refractivity contribution in [2.24, 2.45) is 4.99 Å². The van der Waals surface area contributed by atoms with E-state index >= 15 is 0 Å². The normalized spacial score (nSPS) is 16.5. The van der Waals surface area contributed by atoms with Crippen molar-refractivity contribution in [2.75, 3.05) is 0 Å². The summed E-state index contributed by atoms with van der Waals surface area (Å²) in [5.41, 5.74) is 1.02. The number of benzene rings is 1. The lowest BCUT2D eigenvalue weighted by atomic mass is 10.2. The van der Waals surface area contributed by atoms with Crippen molar-refractivity contribution in [1.29, 1.82) is 0 Å². The second-order valence-electron chi connectivity index (χ2n) is 4.50. The van der Waals surface area contributed by atoms with Gasteiger partial charge in [0.25, 0.3) is 0 Å². The molecule has 0 saturated carbocycles. The van der Waals surface area contributed by atoms with E-state index in [1.54, 1.807) is 6.08 Å². The second kappa shape index (κ2) is 4.71. The number of carbonyl (C=O) groups is 1. The van der Waals surface area contributed by atoms with Crippen molar-refractivity contribution >= 4 is 40.2 Å². The molecule has 3 heterocycles. The van der Waals surface area contributed by atoms with Gasteiger partial charge < -0.3 is 9.15 Å². The molecule has 0 saturated heterocycles. The zero-order chi connectivity index (χ0) is 14.2. The average molecular weight is 295 g/mol. The molecular weight excluding hydrogens is 286 g/mol. The minimum Gasteiger partial charge on any atom is -0.457 e. The van der Waals surface area contributed by atoms with Gasteiger partial charge in [0.15, 0.2) is 5.70 Å². The summed E-state index contributed by atoms with van der Waals surface area (Å²) in [5.74, 6) is 0.468. The van der Waals surface area contributed by atoms with E-state index in [1.807, 2.05) is 47.8 Å². The average Bonchev–Trinajstić information content (AvgIpc) is 3.19. The lowest BCUT2D eigenvalue weighted by Crippen LogP contribution is -2.03. The Labute approximate surface area is 124 Å². The molecule has 2 aromatic heterocycles. The van der Waals surface area contributed by atoms with Gasteiger partial charge in [-0.25, -0.2) is 9.79 Å². The van der Waals surface area contributed by atoms with Gasteiger partial charge >= 0.3 is 5.97 Å². The van der Waals surface area contributed by atoms with Crippen LogP contribution in [0.25, 0.3) is 17.0 Å². The Hall–Kier alpha value is -2.66. The van der Waals surface area contributed by atoms with E-state index < -0.39 is 5.97 Å². The zero-order valence-electron chi connectivity index (χ0n) is 10.8. The highest BCUT2D eigenvalue weighted by atomic mass is 32.1. The molecule has 0 spiro atoms. The Kier molecular flexibility index (Phi) is 2.72. The predicted octanol–water partition coefficient (Wildman–Crippen LogP) is 3.84. The Bertz CT molecular complexity index is 854. The van der Waals surface area contributed by atoms with Crippen LogP contribution in [0.1, 0.15) is 10.6 Å². The fourth-order valence-electron chi connectivity index (χ4n) is 2.12. The third-order valence-corrected chi connectivity index (χ3v) is 3.93. The van der Waals surface area contributed by atoms with Crippen molar-refractivity contribution in [3.8, 4) is 0 Å². The topological polar surface area (TPSA) is 51.8 Å². The van der Waals surface area contributed by atoms with E-state index in [0.29, 0.717) is 11.7 Å². The molecule has 1 aromatic carbocycles. The summed E-state index contributed by atoms with van der Waals surface area (Å²) in [6, 6.07) is 13.3. The van der Waals surface area contributed by atoms with Crippen LogP contribution >= 0.6 is 11.3 Å². The summed E-state index contributed by atoms with van der Waals surface area (Å²) in [7, 11) is 0. The smallest absolute Gasteiger partial charge is 0.363 e. The standard InChI is InChI=1S/C16H9NO3S/c18-16-12(17-15(20-16)14-6-3-7-21-14)9-11-8-10-4-1-2-5-13(10)19-11/h1-9H. The lowest BCUT2D eigenvalue weighted by molar-refractivity contribution is -0.129. The number of hydrogen-bond donors (Lipinski definition) is 0. The summed E-state index contributed by atoms with van der Waals surface area (Å²) in [5, 5.41) is 2.89. The number of cyclic esters (lactones) is 1. The van der Waals surface area contributed by atoms with Gasteiger partial charge in [-0.15, -0.1) is 11.3 Å². The molecule has 5 heteroatoms. The Morgan fingerprint density at radius 1 is 1.14 bits per heavy atom. The zero-order valence-corrected chi connectivity index (χ0v) is 11.6. The molecule has 0 amide bonds. The summed E-state index contributed by atoms with van der Waals surface area (Å²) in [6.07, 6.45) is 1.60. The van der Waals surface area contributed by atoms with E-state index in [9.17, 15) is 4.79 Å². The highest BCUT2D eigenvalue weighted by Gasteiger charge is 2.25. The molecule has 0 N–H and O–H groups in total. The van der Waals surface area contributed by atoms with Gasteiger partial charge in [0.1, 0.15) is 11.3 Å². The molecule has 0 bridgehead atoms. The highest BCUT2D eigenvalue weighted by Crippen LogP contribution is 2.24. The third-order valence-electron chi connectivity index (χ3n) is 3.08. The molecule has 3 aromatic rings. The fourth-order valence-corrected chi connectivity index (χ4v) is 2.77. The number of fused-ring (bicyclic) bond motifs is 1. The summed E-state index contributed by atoms with van der Waals surface area (Å²) >= 11 is 1.48. The molecular formula is C16H9NO3S. The molecule has 0 radical (unpaired) electrons. The summed E-state index contributed by atoms with van der Waals surface area (Å²) < 4.78 is 10.8. The molecule has 0 fully saturated rings. The summed E-state index contributed by atoms with van der Waals surface area (Å²) in [6.45, 7) is 0. The fraction of sp³-hybridized carbons (Fsp3) is 0. The third kappa shape index (κ3) is 2.17. The van der Waals surface area contributed by atoms with Gasteiger partial charge in [-0.05, 0) is 23.6 Å². The number of nitrogens with zero attached hydrogens (tertiary/aromatic N) is 1. The molecule has 21 heavy (non-hydrogen) atoms. The van der Waals surface area contributed by atoms with Crippen LogP contribution in [0.5, 0.6) is 0 Å². The van der Waals surface area contributed by atoms with Crippen LogP contribution in [0, 0.1) is 0 Å². The van der Waals surface area contributed by atoms with E-state index in [1.165, 1.54) is 11.3 Å². The number of rotatable bonds is 2. The number of furan rings is 1. The van der Waals surface area contributed by atoms with Crippen LogP contribution in [0.2, 0.25) is 0 Å². The van der Waals surface area contributed by atoms with E-state index in [-0.39, 0.29) is 5.70 Å². The van der Waals surface area contributed by atoms with Crippen molar-refractivity contribution in [3.05, 3.63) is 64.2 Å². The van der Waals surface area contributed by atoms with Crippen LogP contribution in [0.4, 0.5) is 0 Å². The van der Waals surface area contributed by atoms with E-state index in [0.717, 1.165) is 15.8 Å². The number of thiophene rings is 1. The SMILES string of the molecule is O=C1OC(c2cccs2)=NC1=Cc1cc2ccccc2o1. The minimum absolute atomic E-state index is 0.248. The number of hydrogen-bond acceptors (Lipinski definition) is 5. The quantitative estimate of drug-likeness (QED) is 0.533. The van der Waals surface area contributed by atoms with Crippen LogP contribution in [0.15, 0.2) is 63.0 Å². The molecule has 4 nitrogen and oxygen atoms in total. The largest absolute Gasteiger partial charge is 0.457 e. The number of aliphatic imine (C=N–C) groups is 1. The van der Waals surface area contributed by atoms with Gasteiger partial charge in [0.2, 0.25) is 5.90 Å². The molecule has 0 unspecified atom stereocenters. The molecule has 4 rings (SSSR count). The van der Waals surface area contributed by atoms with Crippen molar-refractivity contribution < 1.29 is 13.9 Å². The van der Waals surface area contributed by atoms with Gasteiger partial charge in [-0.1, -0.05) is 24.3 Å². The maximum atomic E-state index is 11.9. The van der Waals surface area contributed by atoms with Gasteiger partial charge in [-0.3, -0.25) is 0 Å². The summed E-state index contributed by atoms with van der Waals surface area (Å²) in [4.78, 5) is 16.9. The van der Waals surface area contributed by atoms with Crippen LogP contribution in [0.3, 0.4) is 0 Å². The Morgan fingerprint density at radius 3 is 2.86 bits per heavy atom. The second-order valence-corrected chi connectivity index (χ2v) is 5.45. The number of ether oxygens (including phenoxy) is 1. The Balaban J connectivity index is 1.73. The van der Waals surface area contributed by atoms with Crippen molar-refractivity contribution in [1.82, 2.24) is 0 Å². The first-order valence-electron chi connectivity index (χ1n) is 6.35. The number of para-hydroxylation sites is 1. The van der Waals surface area contributed by atoms with Crippen LogP contribution in [-0.4, -0.2) is 11.9 Å². The molecule has 0 atom stereocenters. The van der Waals surface area contributed by atoms with Gasteiger partial charge in [0.05, 0.1) is 4.88 Å². The lowest BCUT2D eigenvalue weighted by Gasteiger charge is -1.92. The first-order valence-corrected chi connectivity index (χ1v) is 7.22. The van der Waals surface area contributed by atoms with Crippen molar-refractivity contribution in [2.45, 2.75) is 0 Å². The molecule has 1 aliphatic heterocycles. The number of carbonyl (C=O) groups excluding carboxylic acids is 1. The van der Waals surface area contributed by atoms with Crippen LogP contribution in [-0.2, 0) is 9.53 Å². The Morgan fingerprint density at radius 2 is 2.05 bits per heavy atom. The number of esters is 1. The van der Waals surface area contributed by atoms with Crippen LogP contribution < -0.4 is 0 Å².